The van der Waals surface area contributed by atoms with Gasteiger partial charge in [0.15, 0.2) is 17.3 Å². The number of carbonyl (C=O) groups excluding carboxylic acids is 1. The molecule has 21 heavy (non-hydrogen) atoms. The van der Waals surface area contributed by atoms with Gasteiger partial charge in [-0.2, -0.15) is 0 Å². The number of ether oxygens (including phenoxy) is 2. The number of carbonyl (C=O) groups is 1. The minimum atomic E-state index is -0.882. The Kier molecular flexibility index (Phi) is 3.56. The van der Waals surface area contributed by atoms with E-state index in [-0.39, 0.29) is 5.56 Å². The van der Waals surface area contributed by atoms with Gasteiger partial charge in [0.05, 0.1) is 18.8 Å². The minimum Gasteiger partial charge on any atom is -0.490 e. The summed E-state index contributed by atoms with van der Waals surface area (Å²) < 4.78 is 38.3. The highest BCUT2D eigenvalue weighted by atomic mass is 19.1. The molecule has 0 atom stereocenters. The highest BCUT2D eigenvalue weighted by Crippen LogP contribution is 2.31. The number of halogens is 2. The molecule has 0 N–H and O–H groups in total. The molecule has 0 unspecified atom stereocenters. The van der Waals surface area contributed by atoms with Gasteiger partial charge in [0.1, 0.15) is 11.6 Å². The Balaban J connectivity index is 2.01. The normalized spacial score (nSPS) is 13.6. The van der Waals surface area contributed by atoms with Crippen LogP contribution in [0, 0.1) is 11.6 Å². The Morgan fingerprint density at radius 3 is 2.33 bits per heavy atom. The molecule has 0 aliphatic carbocycles. The minimum absolute atomic E-state index is 0.156. The lowest BCUT2D eigenvalue weighted by Crippen LogP contribution is -2.08. The van der Waals surface area contributed by atoms with Crippen molar-refractivity contribution in [3.63, 3.8) is 0 Å². The monoisotopic (exact) mass is 290 g/mol. The van der Waals surface area contributed by atoms with Crippen molar-refractivity contribution in [2.45, 2.75) is 6.42 Å². The fourth-order valence-corrected chi connectivity index (χ4v) is 2.16. The molecule has 2 aromatic carbocycles. The Hall–Kier alpha value is -2.43. The summed E-state index contributed by atoms with van der Waals surface area (Å²) in [6.45, 7) is 1.00. The van der Waals surface area contributed by atoms with Crippen LogP contribution >= 0.6 is 0 Å². The first kappa shape index (κ1) is 13.5. The molecule has 0 saturated carbocycles. The molecule has 3 rings (SSSR count). The fraction of sp³-hybridized carbons (Fsp3) is 0.188. The fourth-order valence-electron chi connectivity index (χ4n) is 2.16. The summed E-state index contributed by atoms with van der Waals surface area (Å²) in [6, 6.07) is 7.83. The highest BCUT2D eigenvalue weighted by Gasteiger charge is 2.21. The van der Waals surface area contributed by atoms with Crippen molar-refractivity contribution in [2.75, 3.05) is 13.2 Å². The third-order valence-electron chi connectivity index (χ3n) is 3.20. The number of fused-ring (bicyclic) bond motifs is 1. The van der Waals surface area contributed by atoms with E-state index in [2.05, 4.69) is 0 Å². The predicted octanol–water partition coefficient (Wildman–Crippen LogP) is 3.36. The van der Waals surface area contributed by atoms with Gasteiger partial charge in [-0.25, -0.2) is 8.78 Å². The Morgan fingerprint density at radius 2 is 1.62 bits per heavy atom. The van der Waals surface area contributed by atoms with Crippen LogP contribution in [0.4, 0.5) is 8.78 Å². The molecule has 0 amide bonds. The van der Waals surface area contributed by atoms with Crippen LogP contribution in [0.3, 0.4) is 0 Å². The lowest BCUT2D eigenvalue weighted by Gasteiger charge is -2.09. The summed E-state index contributed by atoms with van der Waals surface area (Å²) in [5.74, 6) is -1.55. The molecule has 2 aromatic rings. The molecule has 0 fully saturated rings. The van der Waals surface area contributed by atoms with Crippen molar-refractivity contribution in [3.8, 4) is 11.5 Å². The molecule has 108 valence electrons. The Morgan fingerprint density at radius 1 is 0.952 bits per heavy atom. The lowest BCUT2D eigenvalue weighted by atomic mass is 10.0. The van der Waals surface area contributed by atoms with E-state index in [1.807, 2.05) is 0 Å². The number of ketones is 1. The van der Waals surface area contributed by atoms with Crippen LogP contribution < -0.4 is 9.47 Å². The van der Waals surface area contributed by atoms with Crippen LogP contribution in [0.2, 0.25) is 0 Å². The molecule has 0 spiro atoms. The largest absolute Gasteiger partial charge is 0.490 e. The van der Waals surface area contributed by atoms with Crippen molar-refractivity contribution < 1.29 is 23.0 Å². The van der Waals surface area contributed by atoms with Gasteiger partial charge in [-0.05, 0) is 30.3 Å². The second-order valence-electron chi connectivity index (χ2n) is 4.64. The average molecular weight is 290 g/mol. The van der Waals surface area contributed by atoms with E-state index in [1.165, 1.54) is 18.2 Å². The topological polar surface area (TPSA) is 35.5 Å². The van der Waals surface area contributed by atoms with E-state index in [1.54, 1.807) is 6.07 Å². The quantitative estimate of drug-likeness (QED) is 0.796. The van der Waals surface area contributed by atoms with Gasteiger partial charge in [-0.15, -0.1) is 0 Å². The molecule has 0 radical (unpaired) electrons. The molecule has 3 nitrogen and oxygen atoms in total. The second kappa shape index (κ2) is 5.52. The smallest absolute Gasteiger partial charge is 0.199 e. The van der Waals surface area contributed by atoms with Crippen LogP contribution in [0.25, 0.3) is 0 Å². The summed E-state index contributed by atoms with van der Waals surface area (Å²) in [7, 11) is 0. The number of rotatable bonds is 2. The van der Waals surface area contributed by atoms with Crippen molar-refractivity contribution in [3.05, 3.63) is 59.2 Å². The van der Waals surface area contributed by atoms with Gasteiger partial charge < -0.3 is 9.47 Å². The van der Waals surface area contributed by atoms with Gasteiger partial charge in [0, 0.05) is 12.0 Å². The van der Waals surface area contributed by atoms with Gasteiger partial charge in [0.25, 0.3) is 0 Å². The molecule has 1 aliphatic rings. The maximum atomic E-state index is 13.7. The van der Waals surface area contributed by atoms with Gasteiger partial charge >= 0.3 is 0 Å². The summed E-state index contributed by atoms with van der Waals surface area (Å²) in [5, 5.41) is 0. The third kappa shape index (κ3) is 2.59. The molecule has 0 saturated heterocycles. The van der Waals surface area contributed by atoms with Gasteiger partial charge in [0.2, 0.25) is 0 Å². The molecular formula is C16H12F2O3. The number of hydrogen-bond acceptors (Lipinski definition) is 3. The molecule has 0 aromatic heterocycles. The molecule has 0 bridgehead atoms. The summed E-state index contributed by atoms with van der Waals surface area (Å²) in [6.07, 6.45) is 0.736. The standard InChI is InChI=1S/C16H12F2O3/c17-11-3-1-4-12(18)15(11)16(19)10-5-6-13-14(9-10)21-8-2-7-20-13/h1,3-6,9H,2,7-8H2. The van der Waals surface area contributed by atoms with Crippen LogP contribution in [-0.4, -0.2) is 19.0 Å². The summed E-state index contributed by atoms with van der Waals surface area (Å²) in [5.41, 5.74) is -0.407. The zero-order valence-corrected chi connectivity index (χ0v) is 11.1. The van der Waals surface area contributed by atoms with E-state index >= 15 is 0 Å². The van der Waals surface area contributed by atoms with Crippen LogP contribution in [0.1, 0.15) is 22.3 Å². The van der Waals surface area contributed by atoms with E-state index in [4.69, 9.17) is 9.47 Å². The first-order valence-corrected chi connectivity index (χ1v) is 6.55. The summed E-state index contributed by atoms with van der Waals surface area (Å²) >= 11 is 0. The maximum Gasteiger partial charge on any atom is 0.199 e. The van der Waals surface area contributed by atoms with Crippen molar-refractivity contribution >= 4 is 5.78 Å². The highest BCUT2D eigenvalue weighted by molar-refractivity contribution is 6.09. The van der Waals surface area contributed by atoms with E-state index < -0.39 is 23.0 Å². The number of benzene rings is 2. The Labute approximate surface area is 120 Å². The van der Waals surface area contributed by atoms with E-state index in [0.717, 1.165) is 18.6 Å². The SMILES string of the molecule is O=C(c1ccc2c(c1)OCCCO2)c1c(F)cccc1F. The number of hydrogen-bond donors (Lipinski definition) is 0. The first-order chi connectivity index (χ1) is 10.2. The second-order valence-corrected chi connectivity index (χ2v) is 4.64. The van der Waals surface area contributed by atoms with Crippen LogP contribution in [-0.2, 0) is 0 Å². The van der Waals surface area contributed by atoms with Crippen molar-refractivity contribution in [1.82, 2.24) is 0 Å². The van der Waals surface area contributed by atoms with Crippen LogP contribution in [0.15, 0.2) is 36.4 Å². The maximum absolute atomic E-state index is 13.7. The van der Waals surface area contributed by atoms with E-state index in [9.17, 15) is 13.6 Å². The Bertz CT molecular complexity index is 678. The first-order valence-electron chi connectivity index (χ1n) is 6.55. The van der Waals surface area contributed by atoms with Crippen LogP contribution in [0.5, 0.6) is 11.5 Å². The molecular weight excluding hydrogens is 278 g/mol. The predicted molar refractivity (Wildman–Crippen MR) is 71.8 cm³/mol. The summed E-state index contributed by atoms with van der Waals surface area (Å²) in [4.78, 5) is 12.3. The van der Waals surface area contributed by atoms with Gasteiger partial charge in [-0.3, -0.25) is 4.79 Å². The van der Waals surface area contributed by atoms with E-state index in [0.29, 0.717) is 24.7 Å². The van der Waals surface area contributed by atoms with Gasteiger partial charge in [-0.1, -0.05) is 6.07 Å². The molecule has 5 heteroatoms. The van der Waals surface area contributed by atoms with Crippen molar-refractivity contribution in [2.24, 2.45) is 0 Å². The lowest BCUT2D eigenvalue weighted by molar-refractivity contribution is 0.103. The molecule has 1 aliphatic heterocycles. The average Bonchev–Trinajstić information content (AvgIpc) is 2.71. The van der Waals surface area contributed by atoms with Crippen molar-refractivity contribution in [1.29, 1.82) is 0 Å². The third-order valence-corrected chi connectivity index (χ3v) is 3.20. The zero-order chi connectivity index (χ0) is 14.8. The molecule has 1 heterocycles. The zero-order valence-electron chi connectivity index (χ0n) is 11.1.